The molecule has 1 amide bonds. The molecule has 0 bridgehead atoms. The number of aromatic nitrogens is 3. The van der Waals surface area contributed by atoms with Gasteiger partial charge in [0.1, 0.15) is 11.6 Å². The number of carbonyl (C=O) groups is 1. The first-order valence-electron chi connectivity index (χ1n) is 11.5. The average molecular weight is 488 g/mol. The van der Waals surface area contributed by atoms with Gasteiger partial charge in [0.2, 0.25) is 0 Å². The van der Waals surface area contributed by atoms with Gasteiger partial charge in [-0.2, -0.15) is 0 Å². The fourth-order valence-electron chi connectivity index (χ4n) is 3.41. The highest BCUT2D eigenvalue weighted by Gasteiger charge is 2.14. The van der Waals surface area contributed by atoms with Gasteiger partial charge in [0, 0.05) is 44.3 Å². The quantitative estimate of drug-likeness (QED) is 0.235. The molecule has 180 valence electrons. The predicted molar refractivity (Wildman–Crippen MR) is 138 cm³/mol. The van der Waals surface area contributed by atoms with Crippen molar-refractivity contribution in [1.82, 2.24) is 20.3 Å². The van der Waals surface area contributed by atoms with Crippen molar-refractivity contribution in [2.45, 2.75) is 43.8 Å². The number of amides is 1. The van der Waals surface area contributed by atoms with Gasteiger partial charge < -0.3 is 14.6 Å². The van der Waals surface area contributed by atoms with E-state index in [1.807, 2.05) is 43.4 Å². The second-order valence-corrected chi connectivity index (χ2v) is 9.47. The molecule has 0 aliphatic heterocycles. The van der Waals surface area contributed by atoms with Crippen LogP contribution in [0.2, 0.25) is 0 Å². The number of anilines is 1. The maximum absolute atomic E-state index is 12.4. The van der Waals surface area contributed by atoms with Crippen LogP contribution < -0.4 is 10.2 Å². The topological polar surface area (TPSA) is 84.2 Å². The number of pyridine rings is 1. The summed E-state index contributed by atoms with van der Waals surface area (Å²) in [6, 6.07) is 19.6. The highest BCUT2D eigenvalue weighted by Crippen LogP contribution is 2.26. The lowest BCUT2D eigenvalue weighted by molar-refractivity contribution is 0.0921. The lowest BCUT2D eigenvalue weighted by Gasteiger charge is -2.20. The number of rotatable bonds is 10. The van der Waals surface area contributed by atoms with Crippen molar-refractivity contribution in [3.05, 3.63) is 101 Å². The van der Waals surface area contributed by atoms with Gasteiger partial charge in [-0.15, -0.1) is 0 Å². The number of carbonyl (C=O) groups excluding carboxylic acids is 1. The first-order chi connectivity index (χ1) is 17.0. The Morgan fingerprint density at radius 1 is 1.06 bits per heavy atom. The third-order valence-corrected chi connectivity index (χ3v) is 6.23. The SMILES string of the molecule is CC(C)c1cc(N(C)Cc2ccccc2)nc(SCc2ccc(C(=O)NCc3cccnc3)o2)n1. The number of nitrogens with one attached hydrogen (secondary N) is 1. The van der Waals surface area contributed by atoms with E-state index in [4.69, 9.17) is 14.4 Å². The second kappa shape index (κ2) is 11.7. The van der Waals surface area contributed by atoms with E-state index in [2.05, 4.69) is 47.2 Å². The van der Waals surface area contributed by atoms with E-state index >= 15 is 0 Å². The molecule has 0 unspecified atom stereocenters. The molecule has 3 aromatic heterocycles. The van der Waals surface area contributed by atoms with Gasteiger partial charge in [0.15, 0.2) is 10.9 Å². The maximum Gasteiger partial charge on any atom is 0.287 e. The molecule has 0 saturated heterocycles. The van der Waals surface area contributed by atoms with E-state index in [1.54, 1.807) is 18.5 Å². The Morgan fingerprint density at radius 2 is 1.86 bits per heavy atom. The summed E-state index contributed by atoms with van der Waals surface area (Å²) in [6.45, 7) is 5.41. The minimum atomic E-state index is -0.256. The number of thioether (sulfide) groups is 1. The molecule has 4 aromatic rings. The van der Waals surface area contributed by atoms with Crippen LogP contribution in [0.4, 0.5) is 5.82 Å². The summed E-state index contributed by atoms with van der Waals surface area (Å²) >= 11 is 1.50. The highest BCUT2D eigenvalue weighted by molar-refractivity contribution is 7.98. The molecule has 0 saturated carbocycles. The molecule has 1 aromatic carbocycles. The molecule has 4 rings (SSSR count). The fourth-order valence-corrected chi connectivity index (χ4v) is 4.16. The van der Waals surface area contributed by atoms with Crippen LogP contribution in [-0.4, -0.2) is 27.9 Å². The molecule has 0 fully saturated rings. The van der Waals surface area contributed by atoms with E-state index < -0.39 is 0 Å². The molecular weight excluding hydrogens is 458 g/mol. The van der Waals surface area contributed by atoms with Crippen molar-refractivity contribution in [2.75, 3.05) is 11.9 Å². The Kier molecular flexibility index (Phi) is 8.15. The van der Waals surface area contributed by atoms with Crippen molar-refractivity contribution in [1.29, 1.82) is 0 Å². The van der Waals surface area contributed by atoms with E-state index in [0.29, 0.717) is 23.2 Å². The molecule has 3 heterocycles. The van der Waals surface area contributed by atoms with Gasteiger partial charge in [-0.25, -0.2) is 9.97 Å². The first kappa shape index (κ1) is 24.5. The molecule has 0 spiro atoms. The van der Waals surface area contributed by atoms with E-state index in [1.165, 1.54) is 17.3 Å². The smallest absolute Gasteiger partial charge is 0.287 e. The molecular formula is C27H29N5O2S. The summed E-state index contributed by atoms with van der Waals surface area (Å²) in [5.41, 5.74) is 3.14. The molecule has 0 aliphatic carbocycles. The molecule has 8 heteroatoms. The van der Waals surface area contributed by atoms with Gasteiger partial charge in [0.25, 0.3) is 5.91 Å². The van der Waals surface area contributed by atoms with Crippen molar-refractivity contribution in [2.24, 2.45) is 0 Å². The van der Waals surface area contributed by atoms with Crippen LogP contribution in [0.3, 0.4) is 0 Å². The normalized spacial score (nSPS) is 11.0. The van der Waals surface area contributed by atoms with E-state index in [-0.39, 0.29) is 17.6 Å². The van der Waals surface area contributed by atoms with Gasteiger partial charge in [0.05, 0.1) is 5.75 Å². The second-order valence-electron chi connectivity index (χ2n) is 8.53. The predicted octanol–water partition coefficient (Wildman–Crippen LogP) is 5.45. The lowest BCUT2D eigenvalue weighted by atomic mass is 10.1. The zero-order chi connectivity index (χ0) is 24.6. The molecule has 1 N–H and O–H groups in total. The van der Waals surface area contributed by atoms with E-state index in [0.717, 1.165) is 23.6 Å². The monoisotopic (exact) mass is 487 g/mol. The van der Waals surface area contributed by atoms with Gasteiger partial charge >= 0.3 is 0 Å². The van der Waals surface area contributed by atoms with Crippen LogP contribution in [0.1, 0.15) is 52.9 Å². The summed E-state index contributed by atoms with van der Waals surface area (Å²) < 4.78 is 5.78. The largest absolute Gasteiger partial charge is 0.455 e. The molecule has 35 heavy (non-hydrogen) atoms. The number of hydrogen-bond acceptors (Lipinski definition) is 7. The zero-order valence-electron chi connectivity index (χ0n) is 20.1. The van der Waals surface area contributed by atoms with Crippen LogP contribution in [0.15, 0.2) is 82.6 Å². The number of nitrogens with zero attached hydrogens (tertiary/aromatic N) is 4. The van der Waals surface area contributed by atoms with Gasteiger partial charge in [-0.3, -0.25) is 9.78 Å². The maximum atomic E-state index is 12.4. The zero-order valence-corrected chi connectivity index (χ0v) is 21.0. The molecule has 0 aliphatic rings. The van der Waals surface area contributed by atoms with Crippen molar-refractivity contribution in [3.8, 4) is 0 Å². The summed E-state index contributed by atoms with van der Waals surface area (Å²) in [7, 11) is 2.04. The Labute approximate surface area is 210 Å². The minimum absolute atomic E-state index is 0.256. The van der Waals surface area contributed by atoms with Gasteiger partial charge in [-0.05, 0) is 35.2 Å². The van der Waals surface area contributed by atoms with E-state index in [9.17, 15) is 4.79 Å². The Morgan fingerprint density at radius 3 is 2.60 bits per heavy atom. The minimum Gasteiger partial charge on any atom is -0.455 e. The highest BCUT2D eigenvalue weighted by atomic mass is 32.2. The fraction of sp³-hybridized carbons (Fsp3) is 0.259. The number of hydrogen-bond donors (Lipinski definition) is 1. The molecule has 0 radical (unpaired) electrons. The Hall–Kier alpha value is -3.65. The third-order valence-electron chi connectivity index (χ3n) is 5.36. The van der Waals surface area contributed by atoms with Crippen LogP contribution in [0.5, 0.6) is 0 Å². The van der Waals surface area contributed by atoms with Crippen molar-refractivity contribution < 1.29 is 9.21 Å². The van der Waals surface area contributed by atoms with Gasteiger partial charge in [-0.1, -0.05) is 62.0 Å². The summed E-state index contributed by atoms with van der Waals surface area (Å²) in [5, 5.41) is 3.54. The number of furan rings is 1. The Bertz CT molecular complexity index is 1240. The molecule has 7 nitrogen and oxygen atoms in total. The van der Waals surface area contributed by atoms with Crippen LogP contribution in [-0.2, 0) is 18.8 Å². The summed E-state index contributed by atoms with van der Waals surface area (Å²) in [4.78, 5) is 28.1. The third kappa shape index (κ3) is 6.93. The summed E-state index contributed by atoms with van der Waals surface area (Å²) in [6.07, 6.45) is 3.42. The Balaban J connectivity index is 1.40. The first-order valence-corrected chi connectivity index (χ1v) is 12.5. The van der Waals surface area contributed by atoms with Crippen molar-refractivity contribution in [3.63, 3.8) is 0 Å². The number of benzene rings is 1. The molecule has 0 atom stereocenters. The van der Waals surface area contributed by atoms with Crippen LogP contribution in [0, 0.1) is 0 Å². The van der Waals surface area contributed by atoms with Crippen molar-refractivity contribution >= 4 is 23.5 Å². The van der Waals surface area contributed by atoms with Crippen LogP contribution in [0.25, 0.3) is 0 Å². The lowest BCUT2D eigenvalue weighted by Crippen LogP contribution is -2.22. The standard InChI is InChI=1S/C27H29N5O2S/c1-19(2)23-14-25(32(3)17-20-8-5-4-6-9-20)31-27(30-23)35-18-22-11-12-24(34-22)26(33)29-16-21-10-7-13-28-15-21/h4-15,19H,16-18H2,1-3H3,(H,29,33). The average Bonchev–Trinajstić information content (AvgIpc) is 3.36. The van der Waals surface area contributed by atoms with Crippen LogP contribution >= 0.6 is 11.8 Å². The summed E-state index contributed by atoms with van der Waals surface area (Å²) in [5.74, 6) is 2.40.